The van der Waals surface area contributed by atoms with E-state index in [1.54, 1.807) is 5.57 Å². The molecule has 0 unspecified atom stereocenters. The molecule has 168 valence electrons. The van der Waals surface area contributed by atoms with Crippen LogP contribution >= 0.6 is 11.6 Å². The molecule has 5 rings (SSSR count). The summed E-state index contributed by atoms with van der Waals surface area (Å²) >= 11 is 6.01. The Morgan fingerprint density at radius 1 is 1.19 bits per heavy atom. The van der Waals surface area contributed by atoms with Gasteiger partial charge in [-0.05, 0) is 61.1 Å². The Kier molecular flexibility index (Phi) is 5.47. The van der Waals surface area contributed by atoms with Crippen molar-refractivity contribution in [3.63, 3.8) is 0 Å². The maximum atomic E-state index is 12.8. The topological polar surface area (TPSA) is 49.8 Å². The molecule has 1 aromatic rings. The molecule has 1 aromatic carbocycles. The summed E-state index contributed by atoms with van der Waals surface area (Å²) in [5.41, 5.74) is 1.89. The van der Waals surface area contributed by atoms with Gasteiger partial charge in [-0.3, -0.25) is 4.79 Å². The predicted octanol–water partition coefficient (Wildman–Crippen LogP) is 4.94. The SMILES string of the molecule is C[C@H]1CCC[C@]2(C)C[C@H]3OC(=O)[C@H](CN4CCC(O)(c5ccc(Cl)cc5)CC4)[C@H]3C=C12. The number of fused-ring (bicyclic) bond motifs is 2. The molecular weight excluding hydrogens is 410 g/mol. The Morgan fingerprint density at radius 2 is 1.90 bits per heavy atom. The molecule has 2 saturated heterocycles. The number of rotatable bonds is 3. The van der Waals surface area contributed by atoms with Crippen LogP contribution in [0.5, 0.6) is 0 Å². The molecule has 0 spiro atoms. The number of piperidine rings is 1. The van der Waals surface area contributed by atoms with Gasteiger partial charge in [0.05, 0.1) is 11.5 Å². The lowest BCUT2D eigenvalue weighted by molar-refractivity contribution is -0.145. The molecule has 5 heteroatoms. The van der Waals surface area contributed by atoms with E-state index in [0.29, 0.717) is 23.8 Å². The van der Waals surface area contributed by atoms with E-state index in [0.717, 1.165) is 31.6 Å². The summed E-state index contributed by atoms with van der Waals surface area (Å²) in [6.45, 7) is 7.01. The number of hydrogen-bond donors (Lipinski definition) is 1. The molecule has 2 heterocycles. The van der Waals surface area contributed by atoms with Crippen LogP contribution in [0.4, 0.5) is 0 Å². The predicted molar refractivity (Wildman–Crippen MR) is 122 cm³/mol. The number of ether oxygens (including phenoxy) is 1. The van der Waals surface area contributed by atoms with Gasteiger partial charge in [0, 0.05) is 30.6 Å². The van der Waals surface area contributed by atoms with Crippen molar-refractivity contribution in [3.8, 4) is 0 Å². The number of benzene rings is 1. The van der Waals surface area contributed by atoms with Crippen LogP contribution in [0.1, 0.15) is 57.9 Å². The van der Waals surface area contributed by atoms with Crippen LogP contribution < -0.4 is 0 Å². The van der Waals surface area contributed by atoms with Gasteiger partial charge in [-0.15, -0.1) is 0 Å². The molecule has 31 heavy (non-hydrogen) atoms. The number of aliphatic hydroxyl groups is 1. The first-order chi connectivity index (χ1) is 14.8. The molecule has 0 amide bonds. The zero-order valence-electron chi connectivity index (χ0n) is 18.6. The van der Waals surface area contributed by atoms with Gasteiger partial charge in [0.2, 0.25) is 0 Å². The molecule has 1 N–H and O–H groups in total. The average molecular weight is 444 g/mol. The van der Waals surface area contributed by atoms with Crippen molar-refractivity contribution in [2.24, 2.45) is 23.2 Å². The highest BCUT2D eigenvalue weighted by Gasteiger charge is 2.52. The minimum absolute atomic E-state index is 0.0275. The van der Waals surface area contributed by atoms with Gasteiger partial charge in [0.15, 0.2) is 0 Å². The number of halogens is 1. The van der Waals surface area contributed by atoms with Crippen LogP contribution in [0.15, 0.2) is 35.9 Å². The van der Waals surface area contributed by atoms with Crippen molar-refractivity contribution in [2.75, 3.05) is 19.6 Å². The van der Waals surface area contributed by atoms with Crippen molar-refractivity contribution in [2.45, 2.75) is 64.1 Å². The smallest absolute Gasteiger partial charge is 0.311 e. The standard InChI is InChI=1S/C26H34ClNO3/c1-17-4-3-9-25(2)15-23-20(14-22(17)25)21(24(29)31-23)16-28-12-10-26(30,11-13-28)18-5-7-19(27)8-6-18/h5-8,14,17,20-21,23,30H,3-4,9-13,15-16H2,1-2H3/t17-,20+,21+,23+,25+/m0/s1. The van der Waals surface area contributed by atoms with Crippen LogP contribution in [0, 0.1) is 23.2 Å². The quantitative estimate of drug-likeness (QED) is 0.531. The molecule has 1 saturated carbocycles. The minimum Gasteiger partial charge on any atom is -0.461 e. The first-order valence-corrected chi connectivity index (χ1v) is 12.3. The molecule has 4 aliphatic rings. The highest BCUT2D eigenvalue weighted by Crippen LogP contribution is 2.54. The number of esters is 1. The second-order valence-corrected chi connectivity index (χ2v) is 11.1. The number of allylic oxidation sites excluding steroid dienone is 1. The monoisotopic (exact) mass is 443 g/mol. The van der Waals surface area contributed by atoms with Crippen LogP contribution in [0.25, 0.3) is 0 Å². The third-order valence-corrected chi connectivity index (χ3v) is 8.85. The molecule has 2 aliphatic heterocycles. The minimum atomic E-state index is -0.814. The van der Waals surface area contributed by atoms with E-state index >= 15 is 0 Å². The van der Waals surface area contributed by atoms with Gasteiger partial charge < -0.3 is 14.7 Å². The van der Waals surface area contributed by atoms with Gasteiger partial charge in [-0.2, -0.15) is 0 Å². The fraction of sp³-hybridized carbons (Fsp3) is 0.654. The third-order valence-electron chi connectivity index (χ3n) is 8.60. The van der Waals surface area contributed by atoms with Crippen molar-refractivity contribution in [1.82, 2.24) is 4.90 Å². The van der Waals surface area contributed by atoms with Crippen molar-refractivity contribution >= 4 is 17.6 Å². The van der Waals surface area contributed by atoms with Gasteiger partial charge in [0.1, 0.15) is 6.10 Å². The number of hydrogen-bond acceptors (Lipinski definition) is 4. The first-order valence-electron chi connectivity index (χ1n) is 11.9. The molecule has 5 atom stereocenters. The fourth-order valence-corrected chi connectivity index (χ4v) is 6.82. The van der Waals surface area contributed by atoms with Gasteiger partial charge in [-0.1, -0.05) is 55.7 Å². The highest BCUT2D eigenvalue weighted by molar-refractivity contribution is 6.30. The van der Waals surface area contributed by atoms with Crippen LogP contribution in [0.3, 0.4) is 0 Å². The van der Waals surface area contributed by atoms with Gasteiger partial charge in [0.25, 0.3) is 0 Å². The largest absolute Gasteiger partial charge is 0.461 e. The maximum absolute atomic E-state index is 12.8. The number of nitrogens with zero attached hydrogens (tertiary/aromatic N) is 1. The molecule has 2 aliphatic carbocycles. The summed E-state index contributed by atoms with van der Waals surface area (Å²) in [6.07, 6.45) is 8.52. The highest BCUT2D eigenvalue weighted by atomic mass is 35.5. The van der Waals surface area contributed by atoms with Crippen LogP contribution in [-0.2, 0) is 15.1 Å². The molecule has 3 fully saturated rings. The van der Waals surface area contributed by atoms with E-state index in [4.69, 9.17) is 16.3 Å². The molecule has 0 radical (unpaired) electrons. The maximum Gasteiger partial charge on any atom is 0.311 e. The Hall–Kier alpha value is -1.36. The zero-order valence-corrected chi connectivity index (χ0v) is 19.4. The Morgan fingerprint density at radius 3 is 2.61 bits per heavy atom. The summed E-state index contributed by atoms with van der Waals surface area (Å²) in [5.74, 6) is 0.701. The van der Waals surface area contributed by atoms with Gasteiger partial charge >= 0.3 is 5.97 Å². The summed E-state index contributed by atoms with van der Waals surface area (Å²) in [4.78, 5) is 15.2. The Balaban J connectivity index is 1.28. The second-order valence-electron chi connectivity index (χ2n) is 10.7. The summed E-state index contributed by atoms with van der Waals surface area (Å²) in [7, 11) is 0. The zero-order chi connectivity index (χ0) is 21.8. The molecular formula is C26H34ClNO3. The average Bonchev–Trinajstić information content (AvgIpc) is 3.02. The number of carbonyl (C=O) groups is 1. The normalized spacial score (nSPS) is 37.5. The molecule has 4 nitrogen and oxygen atoms in total. The fourth-order valence-electron chi connectivity index (χ4n) is 6.69. The van der Waals surface area contributed by atoms with E-state index in [-0.39, 0.29) is 29.3 Å². The lowest BCUT2D eigenvalue weighted by atomic mass is 9.59. The van der Waals surface area contributed by atoms with E-state index in [1.807, 2.05) is 24.3 Å². The Bertz CT molecular complexity index is 873. The summed E-state index contributed by atoms with van der Waals surface area (Å²) < 4.78 is 5.92. The van der Waals surface area contributed by atoms with Crippen LogP contribution in [-0.4, -0.2) is 41.7 Å². The third kappa shape index (κ3) is 3.85. The van der Waals surface area contributed by atoms with Gasteiger partial charge in [-0.25, -0.2) is 0 Å². The second kappa shape index (κ2) is 7.90. The molecule has 0 aromatic heterocycles. The van der Waals surface area contributed by atoms with E-state index in [9.17, 15) is 9.90 Å². The van der Waals surface area contributed by atoms with Crippen molar-refractivity contribution in [1.29, 1.82) is 0 Å². The van der Waals surface area contributed by atoms with E-state index in [1.165, 1.54) is 19.3 Å². The summed E-state index contributed by atoms with van der Waals surface area (Å²) in [6, 6.07) is 7.53. The van der Waals surface area contributed by atoms with E-state index in [2.05, 4.69) is 24.8 Å². The number of likely N-dealkylation sites (tertiary alicyclic amines) is 1. The van der Waals surface area contributed by atoms with Crippen molar-refractivity contribution in [3.05, 3.63) is 46.5 Å². The van der Waals surface area contributed by atoms with Crippen molar-refractivity contribution < 1.29 is 14.6 Å². The summed E-state index contributed by atoms with van der Waals surface area (Å²) in [5, 5.41) is 11.9. The van der Waals surface area contributed by atoms with Crippen LogP contribution in [0.2, 0.25) is 5.02 Å². The molecule has 0 bridgehead atoms. The van der Waals surface area contributed by atoms with E-state index < -0.39 is 5.60 Å². The number of carbonyl (C=O) groups excluding carboxylic acids is 1. The lowest BCUT2D eigenvalue weighted by Crippen LogP contribution is -2.46. The first kappa shape index (κ1) is 21.5. The Labute approximate surface area is 190 Å². The lowest BCUT2D eigenvalue weighted by Gasteiger charge is -2.46.